The first-order chi connectivity index (χ1) is 14.7. The molecule has 168 valence electrons. The molecule has 7 N–H and O–H groups in total. The summed E-state index contributed by atoms with van der Waals surface area (Å²) in [4.78, 5) is 34.5. The van der Waals surface area contributed by atoms with Crippen LogP contribution < -0.4 is 16.8 Å². The molecule has 2 aromatic carbocycles. The second-order valence-electron chi connectivity index (χ2n) is 6.50. The van der Waals surface area contributed by atoms with E-state index in [0.717, 1.165) is 0 Å². The highest BCUT2D eigenvalue weighted by atomic mass is 32.2. The van der Waals surface area contributed by atoms with Crippen LogP contribution in [0.3, 0.4) is 0 Å². The van der Waals surface area contributed by atoms with Crippen molar-refractivity contribution in [2.24, 2.45) is 11.5 Å². The van der Waals surface area contributed by atoms with Crippen molar-refractivity contribution in [3.05, 3.63) is 71.8 Å². The predicted octanol–water partition coefficient (Wildman–Crippen LogP) is 1.76. The summed E-state index contributed by atoms with van der Waals surface area (Å²) >= 11 is 5.00. The summed E-state index contributed by atoms with van der Waals surface area (Å²) in [6.07, 6.45) is 1.88. The summed E-state index contributed by atoms with van der Waals surface area (Å²) in [6.45, 7) is 0. The van der Waals surface area contributed by atoms with Gasteiger partial charge in [-0.15, -0.1) is 11.8 Å². The molecule has 0 aromatic heterocycles. The van der Waals surface area contributed by atoms with Crippen LogP contribution in [0.15, 0.2) is 60.7 Å². The molecule has 0 radical (unpaired) electrons. The molecule has 0 bridgehead atoms. The van der Waals surface area contributed by atoms with E-state index in [1.165, 1.54) is 11.8 Å². The maximum absolute atomic E-state index is 12.6. The van der Waals surface area contributed by atoms with E-state index in [0.29, 0.717) is 11.1 Å². The minimum atomic E-state index is -1.59. The summed E-state index contributed by atoms with van der Waals surface area (Å²) in [5.74, 6) is -2.40. The normalized spacial score (nSPS) is 14.2. The van der Waals surface area contributed by atoms with Gasteiger partial charge >= 0.3 is 11.9 Å². The lowest BCUT2D eigenvalue weighted by Crippen LogP contribution is -2.54. The molecule has 0 saturated heterocycles. The van der Waals surface area contributed by atoms with Gasteiger partial charge < -0.3 is 27.0 Å². The van der Waals surface area contributed by atoms with Crippen molar-refractivity contribution < 1.29 is 24.6 Å². The van der Waals surface area contributed by atoms with Gasteiger partial charge in [-0.25, -0.2) is 4.79 Å². The van der Waals surface area contributed by atoms with E-state index in [1.807, 2.05) is 0 Å². The molecule has 0 aliphatic heterocycles. The number of carboxylic acid groups (broad SMARTS) is 2. The number of carboxylic acids is 2. The molecule has 0 saturated carbocycles. The van der Waals surface area contributed by atoms with Crippen LogP contribution in [-0.4, -0.2) is 51.5 Å². The zero-order valence-corrected chi connectivity index (χ0v) is 18.7. The Morgan fingerprint density at radius 1 is 1.03 bits per heavy atom. The molecule has 8 nitrogen and oxygen atoms in total. The van der Waals surface area contributed by atoms with E-state index >= 15 is 0 Å². The molecule has 0 fully saturated rings. The number of thioether (sulfide) groups is 1. The molecule has 2 aromatic rings. The Balaban J connectivity index is 0.000000592. The summed E-state index contributed by atoms with van der Waals surface area (Å²) in [5.41, 5.74) is 10.2. The molecule has 0 aliphatic carbocycles. The average Bonchev–Trinajstić information content (AvgIpc) is 2.79. The minimum Gasteiger partial charge on any atom is -0.480 e. The van der Waals surface area contributed by atoms with Crippen molar-refractivity contribution >= 4 is 42.2 Å². The standard InChI is InChI=1S/C18H20N2O3S.C3H7NO2S/c1-24-15(19)12-18(17(22)23,14-10-6-3-7-11-14)20-16(21)13-8-4-2-5-9-13;4-2(1-7)3(5)6/h2-11,15H,12,19H2,1H3,(H,20,21)(H,22,23);2,7H,1,4H2,(H,5,6)/t15?,18-;2-/m10/s1. The quantitative estimate of drug-likeness (QED) is 0.242. The molecule has 3 atom stereocenters. The number of hydrogen-bond donors (Lipinski definition) is 6. The van der Waals surface area contributed by atoms with Gasteiger partial charge in [0.05, 0.1) is 5.37 Å². The minimum absolute atomic E-state index is 0.0755. The highest BCUT2D eigenvalue weighted by Crippen LogP contribution is 2.29. The molecule has 1 amide bonds. The van der Waals surface area contributed by atoms with Crippen LogP contribution >= 0.6 is 24.4 Å². The Hall–Kier alpha value is -2.53. The van der Waals surface area contributed by atoms with Crippen molar-refractivity contribution in [3.8, 4) is 0 Å². The van der Waals surface area contributed by atoms with Crippen molar-refractivity contribution in [2.75, 3.05) is 12.0 Å². The average molecular weight is 466 g/mol. The zero-order chi connectivity index (χ0) is 23.4. The van der Waals surface area contributed by atoms with E-state index in [4.69, 9.17) is 16.6 Å². The van der Waals surface area contributed by atoms with Gasteiger partial charge in [-0.05, 0) is 24.0 Å². The fourth-order valence-corrected chi connectivity index (χ4v) is 3.12. The van der Waals surface area contributed by atoms with E-state index in [-0.39, 0.29) is 12.2 Å². The maximum Gasteiger partial charge on any atom is 0.334 e. The molecule has 10 heteroatoms. The van der Waals surface area contributed by atoms with Gasteiger partial charge in [0.1, 0.15) is 6.04 Å². The van der Waals surface area contributed by atoms with Crippen LogP contribution in [0.25, 0.3) is 0 Å². The SMILES string of the molecule is CSC(N)C[C@](NC(=O)c1ccccc1)(C(=O)O)c1ccccc1.N[C@@H](CS)C(=O)O. The first kappa shape index (κ1) is 26.5. The molecule has 0 heterocycles. The molecule has 31 heavy (non-hydrogen) atoms. The Bertz CT molecular complexity index is 855. The molecular formula is C21H27N3O5S2. The zero-order valence-electron chi connectivity index (χ0n) is 17.0. The summed E-state index contributed by atoms with van der Waals surface area (Å²) in [6, 6.07) is 16.4. The number of rotatable bonds is 9. The van der Waals surface area contributed by atoms with Gasteiger partial charge in [0.25, 0.3) is 5.91 Å². The lowest BCUT2D eigenvalue weighted by Gasteiger charge is -2.33. The third-order valence-corrected chi connectivity index (χ3v) is 5.48. The number of thiol groups is 1. The number of nitrogens with two attached hydrogens (primary N) is 2. The third kappa shape index (κ3) is 7.91. The summed E-state index contributed by atoms with van der Waals surface area (Å²) in [5, 5.41) is 20.2. The van der Waals surface area contributed by atoms with Crippen LogP contribution in [0, 0.1) is 0 Å². The smallest absolute Gasteiger partial charge is 0.334 e. The second kappa shape index (κ2) is 13.0. The summed E-state index contributed by atoms with van der Waals surface area (Å²) < 4.78 is 0. The third-order valence-electron chi connectivity index (χ3n) is 4.32. The van der Waals surface area contributed by atoms with Crippen LogP contribution in [0.4, 0.5) is 0 Å². The largest absolute Gasteiger partial charge is 0.480 e. The first-order valence-corrected chi connectivity index (χ1v) is 11.1. The van der Waals surface area contributed by atoms with Crippen molar-refractivity contribution in [1.82, 2.24) is 5.32 Å². The number of benzene rings is 2. The number of hydrogen-bond acceptors (Lipinski definition) is 7. The molecule has 0 spiro atoms. The van der Waals surface area contributed by atoms with Crippen LogP contribution in [0.5, 0.6) is 0 Å². The highest BCUT2D eigenvalue weighted by molar-refractivity contribution is 7.99. The van der Waals surface area contributed by atoms with Crippen LogP contribution in [0.1, 0.15) is 22.3 Å². The highest BCUT2D eigenvalue weighted by Gasteiger charge is 2.43. The van der Waals surface area contributed by atoms with Crippen molar-refractivity contribution in [2.45, 2.75) is 23.4 Å². The lowest BCUT2D eigenvalue weighted by atomic mass is 9.86. The fourth-order valence-electron chi connectivity index (χ4n) is 2.55. The van der Waals surface area contributed by atoms with E-state index in [2.05, 4.69) is 17.9 Å². The Labute approximate surface area is 190 Å². The maximum atomic E-state index is 12.6. The summed E-state index contributed by atoms with van der Waals surface area (Å²) in [7, 11) is 0. The van der Waals surface area contributed by atoms with Crippen molar-refractivity contribution in [3.63, 3.8) is 0 Å². The molecule has 0 aliphatic rings. The van der Waals surface area contributed by atoms with E-state index in [1.54, 1.807) is 66.9 Å². The number of amides is 1. The van der Waals surface area contributed by atoms with Crippen LogP contribution in [0.2, 0.25) is 0 Å². The lowest BCUT2D eigenvalue weighted by molar-refractivity contribution is -0.145. The monoisotopic (exact) mass is 465 g/mol. The van der Waals surface area contributed by atoms with Crippen LogP contribution in [-0.2, 0) is 15.1 Å². The van der Waals surface area contributed by atoms with Gasteiger partial charge in [0, 0.05) is 17.7 Å². The number of carbonyl (C=O) groups excluding carboxylic acids is 1. The Kier molecular flexibility index (Phi) is 11.1. The van der Waals surface area contributed by atoms with Gasteiger partial charge in [0.2, 0.25) is 0 Å². The second-order valence-corrected chi connectivity index (χ2v) is 7.94. The van der Waals surface area contributed by atoms with E-state index < -0.39 is 34.8 Å². The number of carbonyl (C=O) groups is 3. The number of nitrogens with one attached hydrogen (secondary N) is 1. The number of aliphatic carboxylic acids is 2. The van der Waals surface area contributed by atoms with Gasteiger partial charge in [0.15, 0.2) is 5.54 Å². The topological polar surface area (TPSA) is 156 Å². The Morgan fingerprint density at radius 2 is 1.55 bits per heavy atom. The van der Waals surface area contributed by atoms with Gasteiger partial charge in [-0.1, -0.05) is 48.5 Å². The van der Waals surface area contributed by atoms with Gasteiger partial charge in [-0.3, -0.25) is 9.59 Å². The van der Waals surface area contributed by atoms with E-state index in [9.17, 15) is 19.5 Å². The Morgan fingerprint density at radius 3 is 1.94 bits per heavy atom. The molecule has 2 rings (SSSR count). The van der Waals surface area contributed by atoms with Crippen molar-refractivity contribution in [1.29, 1.82) is 0 Å². The predicted molar refractivity (Wildman–Crippen MR) is 125 cm³/mol. The first-order valence-electron chi connectivity index (χ1n) is 9.22. The molecular weight excluding hydrogens is 438 g/mol. The van der Waals surface area contributed by atoms with Gasteiger partial charge in [-0.2, -0.15) is 12.6 Å². The molecule has 1 unspecified atom stereocenters. The fraction of sp³-hybridized carbons (Fsp3) is 0.286.